The molecule has 0 radical (unpaired) electrons. The van der Waals surface area contributed by atoms with Gasteiger partial charge in [0.25, 0.3) is 5.91 Å². The number of amides is 2. The maximum absolute atomic E-state index is 12.9. The van der Waals surface area contributed by atoms with Crippen molar-refractivity contribution in [2.75, 3.05) is 6.61 Å². The van der Waals surface area contributed by atoms with Crippen molar-refractivity contribution in [3.63, 3.8) is 0 Å². The molecule has 1 N–H and O–H groups in total. The molecule has 2 aliphatic carbocycles. The average molecular weight is 378 g/mol. The number of ketones is 1. The van der Waals surface area contributed by atoms with Gasteiger partial charge in [-0.3, -0.25) is 14.4 Å². The van der Waals surface area contributed by atoms with Gasteiger partial charge in [0.2, 0.25) is 11.7 Å². The number of nitrogens with one attached hydrogen (secondary N) is 1. The Balaban J connectivity index is 1.82. The average Bonchev–Trinajstić information content (AvgIpc) is 2.95. The zero-order chi connectivity index (χ0) is 19.4. The molecule has 1 heterocycles. The highest BCUT2D eigenvalue weighted by Crippen LogP contribution is 2.33. The highest BCUT2D eigenvalue weighted by atomic mass is 16.5. The summed E-state index contributed by atoms with van der Waals surface area (Å²) >= 11 is 0. The molecule has 0 unspecified atom stereocenters. The molecule has 0 aromatic heterocycles. The van der Waals surface area contributed by atoms with E-state index in [4.69, 9.17) is 4.74 Å². The number of carbonyl (C=O) groups is 4. The summed E-state index contributed by atoms with van der Waals surface area (Å²) in [4.78, 5) is 52.3. The number of hydrogen-bond donors (Lipinski definition) is 1. The van der Waals surface area contributed by atoms with Crippen molar-refractivity contribution in [2.45, 2.75) is 89.3 Å². The third kappa shape index (κ3) is 4.17. The van der Waals surface area contributed by atoms with Crippen molar-refractivity contribution in [3.05, 3.63) is 0 Å². The van der Waals surface area contributed by atoms with Crippen LogP contribution in [0.15, 0.2) is 0 Å². The molecule has 3 fully saturated rings. The van der Waals surface area contributed by atoms with Gasteiger partial charge >= 0.3 is 5.97 Å². The Labute approximate surface area is 160 Å². The number of hydrogen-bond acceptors (Lipinski definition) is 5. The molecule has 0 spiro atoms. The van der Waals surface area contributed by atoms with Crippen LogP contribution < -0.4 is 5.32 Å². The van der Waals surface area contributed by atoms with E-state index in [-0.39, 0.29) is 18.7 Å². The van der Waals surface area contributed by atoms with Gasteiger partial charge in [-0.25, -0.2) is 4.79 Å². The molecule has 7 nitrogen and oxygen atoms in total. The van der Waals surface area contributed by atoms with Crippen LogP contribution in [0.1, 0.15) is 71.1 Å². The van der Waals surface area contributed by atoms with E-state index >= 15 is 0 Å². The van der Waals surface area contributed by atoms with Crippen LogP contribution in [-0.2, 0) is 23.9 Å². The van der Waals surface area contributed by atoms with E-state index in [9.17, 15) is 19.2 Å². The lowest BCUT2D eigenvalue weighted by Gasteiger charge is -2.35. The van der Waals surface area contributed by atoms with E-state index in [2.05, 4.69) is 5.32 Å². The number of ether oxygens (including phenoxy) is 1. The van der Waals surface area contributed by atoms with E-state index in [1.54, 1.807) is 6.92 Å². The standard InChI is InChI=1S/C20H30N2O5/c1-2-27-20(26)16-15(18(24)21-13-9-5-3-6-10-13)17(23)19(25)22(16)14-11-7-4-8-12-14/h13-16H,2-12H2,1H3,(H,21,24)/t15-,16+/m1/s1. The van der Waals surface area contributed by atoms with Gasteiger partial charge in [-0.05, 0) is 32.6 Å². The van der Waals surface area contributed by atoms with E-state index in [0.29, 0.717) is 0 Å². The van der Waals surface area contributed by atoms with E-state index in [0.717, 1.165) is 64.2 Å². The molecule has 1 aliphatic heterocycles. The minimum absolute atomic E-state index is 0.0146. The first-order chi connectivity index (χ1) is 13.0. The van der Waals surface area contributed by atoms with Gasteiger partial charge in [-0.2, -0.15) is 0 Å². The fraction of sp³-hybridized carbons (Fsp3) is 0.800. The predicted molar refractivity (Wildman–Crippen MR) is 97.7 cm³/mol. The number of likely N-dealkylation sites (tertiary alicyclic amines) is 1. The monoisotopic (exact) mass is 378 g/mol. The molecule has 2 atom stereocenters. The molecule has 2 saturated carbocycles. The van der Waals surface area contributed by atoms with Crippen molar-refractivity contribution in [3.8, 4) is 0 Å². The second-order valence-electron chi connectivity index (χ2n) is 7.89. The first-order valence-electron chi connectivity index (χ1n) is 10.4. The number of esters is 1. The van der Waals surface area contributed by atoms with Gasteiger partial charge in [0.1, 0.15) is 12.0 Å². The predicted octanol–water partition coefficient (Wildman–Crippen LogP) is 1.73. The summed E-state index contributed by atoms with van der Waals surface area (Å²) in [5.74, 6) is -3.92. The van der Waals surface area contributed by atoms with Gasteiger partial charge in [-0.1, -0.05) is 38.5 Å². The minimum Gasteiger partial charge on any atom is -0.464 e. The van der Waals surface area contributed by atoms with Crippen molar-refractivity contribution >= 4 is 23.6 Å². The summed E-state index contributed by atoms with van der Waals surface area (Å²) in [6.45, 7) is 1.83. The molecule has 0 bridgehead atoms. The van der Waals surface area contributed by atoms with Crippen molar-refractivity contribution < 1.29 is 23.9 Å². The fourth-order valence-electron chi connectivity index (χ4n) is 4.72. The van der Waals surface area contributed by atoms with Crippen molar-refractivity contribution in [1.82, 2.24) is 10.2 Å². The lowest BCUT2D eigenvalue weighted by atomic mass is 9.91. The molecule has 0 aromatic carbocycles. The van der Waals surface area contributed by atoms with E-state index in [1.165, 1.54) is 4.90 Å². The Hall–Kier alpha value is -1.92. The Kier molecular flexibility index (Phi) is 6.50. The molecule has 3 rings (SSSR count). The topological polar surface area (TPSA) is 92.8 Å². The zero-order valence-electron chi connectivity index (χ0n) is 16.1. The number of carbonyl (C=O) groups excluding carboxylic acids is 4. The lowest BCUT2D eigenvalue weighted by Crippen LogP contribution is -2.52. The fourth-order valence-corrected chi connectivity index (χ4v) is 4.72. The Bertz CT molecular complexity index is 593. The summed E-state index contributed by atoms with van der Waals surface area (Å²) < 4.78 is 5.15. The molecule has 2 amide bonds. The van der Waals surface area contributed by atoms with E-state index < -0.39 is 35.5 Å². The normalized spacial score (nSPS) is 27.7. The lowest BCUT2D eigenvalue weighted by molar-refractivity contribution is -0.156. The van der Waals surface area contributed by atoms with Crippen molar-refractivity contribution in [1.29, 1.82) is 0 Å². The zero-order valence-corrected chi connectivity index (χ0v) is 16.1. The Morgan fingerprint density at radius 1 is 1.00 bits per heavy atom. The highest BCUT2D eigenvalue weighted by molar-refractivity contribution is 6.44. The van der Waals surface area contributed by atoms with Crippen LogP contribution >= 0.6 is 0 Å². The van der Waals surface area contributed by atoms with Crippen LogP contribution in [0.2, 0.25) is 0 Å². The summed E-state index contributed by atoms with van der Waals surface area (Å²) in [5, 5.41) is 2.92. The SMILES string of the molecule is CCOC(=O)[C@@H]1[C@@H](C(=O)NC2CCCCC2)C(=O)C(=O)N1C1CCCCC1. The molecular weight excluding hydrogens is 348 g/mol. The van der Waals surface area contributed by atoms with Gasteiger partial charge in [0.05, 0.1) is 6.61 Å². The van der Waals surface area contributed by atoms with Crippen LogP contribution in [0.4, 0.5) is 0 Å². The first-order valence-corrected chi connectivity index (χ1v) is 10.4. The van der Waals surface area contributed by atoms with Crippen LogP contribution in [-0.4, -0.2) is 53.2 Å². The van der Waals surface area contributed by atoms with Crippen LogP contribution in [0.3, 0.4) is 0 Å². The summed E-state index contributed by atoms with van der Waals surface area (Å²) in [7, 11) is 0. The Morgan fingerprint density at radius 3 is 2.19 bits per heavy atom. The molecule has 0 aromatic rings. The third-order valence-corrected chi connectivity index (χ3v) is 6.07. The van der Waals surface area contributed by atoms with Crippen molar-refractivity contribution in [2.24, 2.45) is 5.92 Å². The minimum atomic E-state index is -1.29. The van der Waals surface area contributed by atoms with E-state index in [1.807, 2.05) is 0 Å². The second kappa shape index (κ2) is 8.85. The van der Waals surface area contributed by atoms with Gasteiger partial charge in [0.15, 0.2) is 0 Å². The maximum Gasteiger partial charge on any atom is 0.330 e. The number of nitrogens with zero attached hydrogens (tertiary/aromatic N) is 1. The molecule has 27 heavy (non-hydrogen) atoms. The number of rotatable bonds is 5. The summed E-state index contributed by atoms with van der Waals surface area (Å²) in [6.07, 6.45) is 9.48. The molecule has 3 aliphatic rings. The van der Waals surface area contributed by atoms with Gasteiger partial charge in [-0.15, -0.1) is 0 Å². The smallest absolute Gasteiger partial charge is 0.330 e. The van der Waals surface area contributed by atoms with Gasteiger partial charge < -0.3 is 15.0 Å². The third-order valence-electron chi connectivity index (χ3n) is 6.07. The Morgan fingerprint density at radius 2 is 1.59 bits per heavy atom. The first kappa shape index (κ1) is 19.8. The second-order valence-corrected chi connectivity index (χ2v) is 7.89. The summed E-state index contributed by atoms with van der Waals surface area (Å²) in [5.41, 5.74) is 0. The molecule has 150 valence electrons. The van der Waals surface area contributed by atoms with Crippen LogP contribution in [0.25, 0.3) is 0 Å². The number of Topliss-reactive ketones (excluding diaryl/α,β-unsaturated/α-hetero) is 1. The quantitative estimate of drug-likeness (QED) is 0.447. The molecule has 1 saturated heterocycles. The largest absolute Gasteiger partial charge is 0.464 e. The van der Waals surface area contributed by atoms with Crippen LogP contribution in [0, 0.1) is 5.92 Å². The van der Waals surface area contributed by atoms with Gasteiger partial charge in [0, 0.05) is 12.1 Å². The molecule has 7 heteroatoms. The summed E-state index contributed by atoms with van der Waals surface area (Å²) in [6, 6.07) is -1.28. The van der Waals surface area contributed by atoms with Crippen LogP contribution in [0.5, 0.6) is 0 Å². The maximum atomic E-state index is 12.9. The molecular formula is C20H30N2O5. The highest BCUT2D eigenvalue weighted by Gasteiger charge is 2.57.